The second kappa shape index (κ2) is 12.8. The van der Waals surface area contributed by atoms with Crippen LogP contribution < -0.4 is 0 Å². The number of nitrogens with zero attached hydrogens (tertiary/aromatic N) is 2. The lowest BCUT2D eigenvalue weighted by atomic mass is 9.93. The van der Waals surface area contributed by atoms with Crippen LogP contribution in [0.15, 0.2) is 84.9 Å². The SMILES string of the molecule is Cc1ccc(-c2c3nc(c([C]4[CH][CH][CH][CH]4)c4nc(c(-c5ccc(C)cc5)c5ccc([nH]5)c(-c5c(C)cc(C)cc5C)c5ccc2[nH]5)C=C4)C=C3)cc1. The molecule has 4 nitrogen and oxygen atoms in total. The van der Waals surface area contributed by atoms with Crippen molar-refractivity contribution < 1.29 is 0 Å². The van der Waals surface area contributed by atoms with Gasteiger partial charge in [0.05, 0.1) is 22.8 Å². The van der Waals surface area contributed by atoms with Gasteiger partial charge in [-0.25, -0.2) is 9.97 Å². The van der Waals surface area contributed by atoms with Crippen molar-refractivity contribution in [1.82, 2.24) is 19.9 Å². The smallest absolute Gasteiger partial charge is 0.0737 e. The van der Waals surface area contributed by atoms with Crippen LogP contribution in [0.1, 0.15) is 56.2 Å². The van der Waals surface area contributed by atoms with Crippen LogP contribution in [0.4, 0.5) is 0 Å². The minimum absolute atomic E-state index is 0.895. The molecule has 1 aliphatic carbocycles. The van der Waals surface area contributed by atoms with Crippen LogP contribution in [0.5, 0.6) is 0 Å². The second-order valence-electron chi connectivity index (χ2n) is 14.2. The van der Waals surface area contributed by atoms with Crippen LogP contribution in [-0.2, 0) is 0 Å². The quantitative estimate of drug-likeness (QED) is 0.196. The van der Waals surface area contributed by atoms with E-state index >= 15 is 0 Å². The third kappa shape index (κ3) is 5.63. The maximum Gasteiger partial charge on any atom is 0.0737 e. The van der Waals surface area contributed by atoms with Gasteiger partial charge in [0, 0.05) is 50.2 Å². The summed E-state index contributed by atoms with van der Waals surface area (Å²) in [5, 5.41) is 0. The van der Waals surface area contributed by atoms with Gasteiger partial charge in [-0.15, -0.1) is 0 Å². The number of aryl methyl sites for hydroxylation is 5. The monoisotopic (exact) mass is 671 g/mol. The van der Waals surface area contributed by atoms with Crippen LogP contribution in [0.3, 0.4) is 0 Å². The van der Waals surface area contributed by atoms with Crippen LogP contribution in [0, 0.1) is 66.2 Å². The Labute approximate surface area is 306 Å². The Morgan fingerprint density at radius 2 is 0.769 bits per heavy atom. The molecule has 9 rings (SSSR count). The van der Waals surface area contributed by atoms with Crippen LogP contribution >= 0.6 is 0 Å². The summed E-state index contributed by atoms with van der Waals surface area (Å²) in [6.45, 7) is 10.9. The molecule has 5 radical (unpaired) electrons. The van der Waals surface area contributed by atoms with E-state index in [1.54, 1.807) is 0 Å². The maximum absolute atomic E-state index is 5.38. The number of nitrogens with one attached hydrogen (secondary N) is 2. The molecule has 3 aliphatic rings. The predicted molar refractivity (Wildman–Crippen MR) is 218 cm³/mol. The summed E-state index contributed by atoms with van der Waals surface area (Å²) in [6, 6.07) is 30.9. The Morgan fingerprint density at radius 3 is 1.19 bits per heavy atom. The zero-order valence-electron chi connectivity index (χ0n) is 30.1. The first-order valence-corrected chi connectivity index (χ1v) is 17.9. The number of benzene rings is 3. The molecule has 1 fully saturated rings. The Hall–Kier alpha value is -5.74. The largest absolute Gasteiger partial charge is 0.354 e. The van der Waals surface area contributed by atoms with Crippen molar-refractivity contribution in [3.63, 3.8) is 0 Å². The zero-order valence-corrected chi connectivity index (χ0v) is 30.1. The number of rotatable bonds is 4. The van der Waals surface area contributed by atoms with E-state index in [0.29, 0.717) is 0 Å². The Balaban J connectivity index is 1.47. The molecule has 0 unspecified atom stereocenters. The number of aromatic nitrogens is 4. The number of hydrogen-bond donors (Lipinski definition) is 2. The summed E-state index contributed by atoms with van der Waals surface area (Å²) in [6.07, 6.45) is 17.0. The Morgan fingerprint density at radius 1 is 0.385 bits per heavy atom. The first-order valence-electron chi connectivity index (χ1n) is 17.9. The summed E-state index contributed by atoms with van der Waals surface area (Å²) in [7, 11) is 0. The highest BCUT2D eigenvalue weighted by atomic mass is 14.8. The van der Waals surface area contributed by atoms with Crippen molar-refractivity contribution in [1.29, 1.82) is 0 Å². The average Bonchev–Trinajstić information content (AvgIpc) is 3.98. The van der Waals surface area contributed by atoms with Gasteiger partial charge in [-0.1, -0.05) is 77.4 Å². The van der Waals surface area contributed by atoms with Crippen molar-refractivity contribution in [2.75, 3.05) is 0 Å². The Kier molecular flexibility index (Phi) is 7.92. The van der Waals surface area contributed by atoms with Gasteiger partial charge in [-0.05, 0) is 137 Å². The lowest BCUT2D eigenvalue weighted by Gasteiger charge is -2.13. The molecule has 6 aromatic rings. The van der Waals surface area contributed by atoms with Gasteiger partial charge in [-0.2, -0.15) is 0 Å². The van der Waals surface area contributed by atoms with Crippen molar-refractivity contribution in [2.45, 2.75) is 34.6 Å². The fourth-order valence-electron chi connectivity index (χ4n) is 7.93. The first-order chi connectivity index (χ1) is 25.3. The third-order valence-electron chi connectivity index (χ3n) is 10.3. The number of aromatic amines is 2. The van der Waals surface area contributed by atoms with Gasteiger partial charge in [0.15, 0.2) is 0 Å². The maximum atomic E-state index is 5.38. The molecular formula is C48H39N4. The predicted octanol–water partition coefficient (Wildman–Crippen LogP) is 12.0. The molecule has 0 spiro atoms. The topological polar surface area (TPSA) is 57.4 Å². The van der Waals surface area contributed by atoms with Gasteiger partial charge in [0.25, 0.3) is 0 Å². The highest BCUT2D eigenvalue weighted by Gasteiger charge is 2.27. The summed E-state index contributed by atoms with van der Waals surface area (Å²) < 4.78 is 0. The van der Waals surface area contributed by atoms with Crippen LogP contribution in [0.25, 0.3) is 79.8 Å². The molecular weight excluding hydrogens is 633 g/mol. The molecule has 2 aliphatic heterocycles. The van der Waals surface area contributed by atoms with Gasteiger partial charge >= 0.3 is 0 Å². The lowest BCUT2D eigenvalue weighted by molar-refractivity contribution is 1.17. The number of hydrogen-bond acceptors (Lipinski definition) is 2. The van der Waals surface area contributed by atoms with Crippen molar-refractivity contribution in [3.8, 4) is 33.4 Å². The molecule has 5 heterocycles. The van der Waals surface area contributed by atoms with Crippen LogP contribution in [-0.4, -0.2) is 19.9 Å². The molecule has 1 saturated carbocycles. The van der Waals surface area contributed by atoms with E-state index in [9.17, 15) is 0 Å². The molecule has 52 heavy (non-hydrogen) atoms. The summed E-state index contributed by atoms with van der Waals surface area (Å²) in [4.78, 5) is 18.6. The fraction of sp³-hybridized carbons (Fsp3) is 0.104. The van der Waals surface area contributed by atoms with Crippen molar-refractivity contribution in [2.24, 2.45) is 0 Å². The third-order valence-corrected chi connectivity index (χ3v) is 10.3. The first kappa shape index (κ1) is 32.2. The molecule has 0 atom stereocenters. The lowest BCUT2D eigenvalue weighted by Crippen LogP contribution is -2.01. The van der Waals surface area contributed by atoms with E-state index < -0.39 is 0 Å². The minimum atomic E-state index is 0.895. The van der Waals surface area contributed by atoms with E-state index in [2.05, 4.69) is 180 Å². The Bertz CT molecular complexity index is 2440. The summed E-state index contributed by atoms with van der Waals surface area (Å²) in [5.41, 5.74) is 21.6. The normalized spacial score (nSPS) is 14.1. The second-order valence-corrected chi connectivity index (χ2v) is 14.2. The standard InChI is InChI=1S/C48H39N4/c1-28-10-14-34(15-11-28)46-38-20-18-36(49-38)45(33-8-6-7-9-33)37-19-21-39(50-37)47(35-16-12-29(2)13-17-35)41-23-25-43(52-41)48(42-24-22-40(46)51-42)44-31(4)26-30(3)27-32(44)5/h6-27,51-52H,1-5H3. The molecule has 0 saturated heterocycles. The summed E-state index contributed by atoms with van der Waals surface area (Å²) >= 11 is 0. The molecule has 8 bridgehead atoms. The van der Waals surface area contributed by atoms with E-state index in [1.807, 2.05) is 0 Å². The van der Waals surface area contributed by atoms with E-state index in [4.69, 9.17) is 9.97 Å². The summed E-state index contributed by atoms with van der Waals surface area (Å²) in [5.74, 6) is 1.09. The number of H-pyrrole nitrogens is 2. The number of fused-ring (bicyclic) bond motifs is 8. The molecule has 3 aromatic carbocycles. The van der Waals surface area contributed by atoms with E-state index in [0.717, 1.165) is 84.1 Å². The average molecular weight is 672 g/mol. The molecule has 251 valence electrons. The fourth-order valence-corrected chi connectivity index (χ4v) is 7.93. The van der Waals surface area contributed by atoms with E-state index in [1.165, 1.54) is 33.4 Å². The highest BCUT2D eigenvalue weighted by molar-refractivity contribution is 6.00. The van der Waals surface area contributed by atoms with Gasteiger partial charge in [-0.3, -0.25) is 0 Å². The van der Waals surface area contributed by atoms with Crippen molar-refractivity contribution in [3.05, 3.63) is 173 Å². The van der Waals surface area contributed by atoms with Gasteiger partial charge < -0.3 is 9.97 Å². The van der Waals surface area contributed by atoms with E-state index in [-0.39, 0.29) is 0 Å². The van der Waals surface area contributed by atoms with Crippen molar-refractivity contribution >= 4 is 46.4 Å². The zero-order chi connectivity index (χ0) is 35.5. The molecule has 2 N–H and O–H groups in total. The molecule has 4 heteroatoms. The van der Waals surface area contributed by atoms with Gasteiger partial charge in [0.2, 0.25) is 0 Å². The van der Waals surface area contributed by atoms with Crippen LogP contribution in [0.2, 0.25) is 0 Å². The molecule has 0 amide bonds. The highest BCUT2D eigenvalue weighted by Crippen LogP contribution is 2.41. The minimum Gasteiger partial charge on any atom is -0.354 e. The van der Waals surface area contributed by atoms with Gasteiger partial charge in [0.1, 0.15) is 0 Å². The molecule has 3 aromatic heterocycles.